The third-order valence-electron chi connectivity index (χ3n) is 7.83. The summed E-state index contributed by atoms with van der Waals surface area (Å²) in [5.41, 5.74) is 5.33. The lowest BCUT2D eigenvalue weighted by Gasteiger charge is -2.19. The van der Waals surface area contributed by atoms with Crippen molar-refractivity contribution in [2.75, 3.05) is 26.4 Å². The summed E-state index contributed by atoms with van der Waals surface area (Å²) in [4.78, 5) is 34.7. The Hall–Kier alpha value is -2.55. The number of allylic oxidation sites excluding steroid dienone is 12. The molecular weight excluding hydrogens is 677 g/mol. The second kappa shape index (κ2) is 38.2. The predicted octanol–water partition coefficient (Wildman–Crippen LogP) is 11.1. The molecule has 0 aromatic rings. The first-order valence-corrected chi connectivity index (χ1v) is 21.4. The Morgan fingerprint density at radius 2 is 1.08 bits per heavy atom. The zero-order valence-corrected chi connectivity index (χ0v) is 33.4. The van der Waals surface area contributed by atoms with Crippen LogP contribution >= 0.6 is 7.82 Å². The first-order valence-electron chi connectivity index (χ1n) is 19.9. The van der Waals surface area contributed by atoms with Crippen molar-refractivity contribution < 1.29 is 37.6 Å². The maximum Gasteiger partial charge on any atom is 0.472 e. The zero-order valence-electron chi connectivity index (χ0n) is 32.5. The number of esters is 2. The van der Waals surface area contributed by atoms with Crippen molar-refractivity contribution in [3.8, 4) is 0 Å². The Balaban J connectivity index is 4.34. The van der Waals surface area contributed by atoms with E-state index in [-0.39, 0.29) is 32.6 Å². The Morgan fingerprint density at radius 1 is 0.596 bits per heavy atom. The first-order chi connectivity index (χ1) is 25.3. The van der Waals surface area contributed by atoms with E-state index in [0.717, 1.165) is 64.2 Å². The van der Waals surface area contributed by atoms with E-state index in [2.05, 4.69) is 80.7 Å². The number of carbonyl (C=O) groups excluding carboxylic acids is 2. The molecule has 0 saturated heterocycles. The number of hydrogen-bond donors (Lipinski definition) is 2. The molecule has 0 fully saturated rings. The lowest BCUT2D eigenvalue weighted by molar-refractivity contribution is -0.161. The number of phosphoric ester groups is 1. The van der Waals surface area contributed by atoms with Crippen molar-refractivity contribution in [2.24, 2.45) is 5.73 Å². The van der Waals surface area contributed by atoms with E-state index in [1.165, 1.54) is 38.5 Å². The molecule has 0 bridgehead atoms. The molecule has 0 aliphatic rings. The van der Waals surface area contributed by atoms with Crippen LogP contribution < -0.4 is 5.73 Å². The first kappa shape index (κ1) is 49.5. The van der Waals surface area contributed by atoms with E-state index < -0.39 is 32.5 Å². The average molecular weight is 750 g/mol. The molecule has 0 rings (SSSR count). The van der Waals surface area contributed by atoms with Crippen LogP contribution in [0.4, 0.5) is 0 Å². The van der Waals surface area contributed by atoms with Crippen LogP contribution in [-0.2, 0) is 32.7 Å². The molecule has 0 heterocycles. The third kappa shape index (κ3) is 37.2. The summed E-state index contributed by atoms with van der Waals surface area (Å²) in [6, 6.07) is 0. The summed E-state index contributed by atoms with van der Waals surface area (Å²) >= 11 is 0. The standard InChI is InChI=1S/C42H72NO8P/c1-3-5-7-9-11-13-15-17-19-20-21-23-25-27-29-31-33-35-42(45)51-40(39-50-52(46,47)49-37-36-43)38-48-41(44)34-32-30-28-26-24-22-18-16-14-12-10-8-6-4-2/h5,7,11,13,16-19,21,23,27,29,40H,3-4,6,8-10,12,14-15,20,22,24-26,28,30-39,43H2,1-2H3,(H,46,47)/b7-5-,13-11-,18-16-,19-17-,23-21-,29-27-/t40-/m1/s1. The van der Waals surface area contributed by atoms with Gasteiger partial charge >= 0.3 is 19.8 Å². The summed E-state index contributed by atoms with van der Waals surface area (Å²) in [5, 5.41) is 0. The number of hydrogen-bond acceptors (Lipinski definition) is 8. The zero-order chi connectivity index (χ0) is 38.2. The molecule has 0 amide bonds. The van der Waals surface area contributed by atoms with Gasteiger partial charge in [-0.2, -0.15) is 0 Å². The average Bonchev–Trinajstić information content (AvgIpc) is 3.13. The van der Waals surface area contributed by atoms with Crippen molar-refractivity contribution in [1.29, 1.82) is 0 Å². The van der Waals surface area contributed by atoms with Gasteiger partial charge in [-0.3, -0.25) is 18.6 Å². The summed E-state index contributed by atoms with van der Waals surface area (Å²) < 4.78 is 32.6. The van der Waals surface area contributed by atoms with Gasteiger partial charge in [-0.15, -0.1) is 0 Å². The molecule has 0 radical (unpaired) electrons. The van der Waals surface area contributed by atoms with E-state index >= 15 is 0 Å². The minimum atomic E-state index is -4.39. The maximum absolute atomic E-state index is 12.5. The lowest BCUT2D eigenvalue weighted by Crippen LogP contribution is -2.29. The monoisotopic (exact) mass is 749 g/mol. The number of ether oxygens (including phenoxy) is 2. The van der Waals surface area contributed by atoms with E-state index in [0.29, 0.717) is 19.3 Å². The molecule has 2 atom stereocenters. The van der Waals surface area contributed by atoms with Gasteiger partial charge in [0.1, 0.15) is 6.61 Å². The van der Waals surface area contributed by atoms with Crippen molar-refractivity contribution in [2.45, 2.75) is 155 Å². The van der Waals surface area contributed by atoms with Crippen LogP contribution in [-0.4, -0.2) is 49.3 Å². The molecular formula is C42H72NO8P. The van der Waals surface area contributed by atoms with E-state index in [4.69, 9.17) is 24.3 Å². The Bertz CT molecular complexity index is 1080. The fourth-order valence-corrected chi connectivity index (χ4v) is 5.66. The van der Waals surface area contributed by atoms with Crippen molar-refractivity contribution in [3.63, 3.8) is 0 Å². The van der Waals surface area contributed by atoms with Crippen LogP contribution in [0.25, 0.3) is 0 Å². The fraction of sp³-hybridized carbons (Fsp3) is 0.667. The molecule has 3 N–H and O–H groups in total. The Kier molecular flexibility index (Phi) is 36.3. The molecule has 0 spiro atoms. The predicted molar refractivity (Wildman–Crippen MR) is 215 cm³/mol. The largest absolute Gasteiger partial charge is 0.472 e. The quantitative estimate of drug-likeness (QED) is 0.0278. The summed E-state index contributed by atoms with van der Waals surface area (Å²) in [6.07, 6.45) is 45.1. The van der Waals surface area contributed by atoms with Crippen LogP contribution in [0.5, 0.6) is 0 Å². The summed E-state index contributed by atoms with van der Waals surface area (Å²) in [6.45, 7) is 3.51. The van der Waals surface area contributed by atoms with Crippen molar-refractivity contribution in [3.05, 3.63) is 72.9 Å². The maximum atomic E-state index is 12.5. The van der Waals surface area contributed by atoms with Gasteiger partial charge in [0.2, 0.25) is 0 Å². The fourth-order valence-electron chi connectivity index (χ4n) is 4.90. The molecule has 1 unspecified atom stereocenters. The molecule has 0 saturated carbocycles. The molecule has 52 heavy (non-hydrogen) atoms. The van der Waals surface area contributed by atoms with Gasteiger partial charge in [-0.05, 0) is 77.0 Å². The van der Waals surface area contributed by atoms with Gasteiger partial charge in [-0.25, -0.2) is 4.57 Å². The van der Waals surface area contributed by atoms with Gasteiger partial charge in [0.15, 0.2) is 6.10 Å². The molecule has 0 aromatic carbocycles. The van der Waals surface area contributed by atoms with E-state index in [9.17, 15) is 19.0 Å². The number of carbonyl (C=O) groups is 2. The number of phosphoric acid groups is 1. The van der Waals surface area contributed by atoms with Gasteiger partial charge in [0.25, 0.3) is 0 Å². The third-order valence-corrected chi connectivity index (χ3v) is 8.81. The van der Waals surface area contributed by atoms with E-state index in [1.54, 1.807) is 0 Å². The normalized spacial score (nSPS) is 14.2. The minimum Gasteiger partial charge on any atom is -0.462 e. The topological polar surface area (TPSA) is 134 Å². The molecule has 10 heteroatoms. The van der Waals surface area contributed by atoms with Crippen molar-refractivity contribution in [1.82, 2.24) is 0 Å². The van der Waals surface area contributed by atoms with Gasteiger partial charge in [0.05, 0.1) is 13.2 Å². The van der Waals surface area contributed by atoms with Crippen LogP contribution in [0.3, 0.4) is 0 Å². The second-order valence-corrected chi connectivity index (χ2v) is 14.2. The smallest absolute Gasteiger partial charge is 0.462 e. The van der Waals surface area contributed by atoms with E-state index in [1.807, 2.05) is 6.08 Å². The molecule has 9 nitrogen and oxygen atoms in total. The van der Waals surface area contributed by atoms with Crippen LogP contribution in [0, 0.1) is 0 Å². The molecule has 0 aromatic heterocycles. The van der Waals surface area contributed by atoms with Crippen molar-refractivity contribution >= 4 is 19.8 Å². The SMILES string of the molecule is CC/C=C\C/C=C\C/C=C\C/C=C\C/C=C\CCCC(=O)O[C@H](COC(=O)CCCCCCC/C=C\CCCCCCC)COP(=O)(O)OCCN. The highest BCUT2D eigenvalue weighted by Crippen LogP contribution is 2.43. The number of unbranched alkanes of at least 4 members (excludes halogenated alkanes) is 11. The Labute approximate surface area is 316 Å². The van der Waals surface area contributed by atoms with Gasteiger partial charge in [-0.1, -0.05) is 132 Å². The van der Waals surface area contributed by atoms with Gasteiger partial charge < -0.3 is 20.1 Å². The second-order valence-electron chi connectivity index (χ2n) is 12.8. The molecule has 0 aliphatic carbocycles. The Morgan fingerprint density at radius 3 is 1.65 bits per heavy atom. The minimum absolute atomic E-state index is 0.0398. The number of nitrogens with two attached hydrogens (primary N) is 1. The van der Waals surface area contributed by atoms with Crippen LogP contribution in [0.2, 0.25) is 0 Å². The molecule has 0 aliphatic heterocycles. The number of rotatable bonds is 36. The highest BCUT2D eigenvalue weighted by Gasteiger charge is 2.25. The highest BCUT2D eigenvalue weighted by atomic mass is 31.2. The highest BCUT2D eigenvalue weighted by molar-refractivity contribution is 7.47. The lowest BCUT2D eigenvalue weighted by atomic mass is 10.1. The molecule has 298 valence electrons. The van der Waals surface area contributed by atoms with Crippen LogP contribution in [0.1, 0.15) is 149 Å². The van der Waals surface area contributed by atoms with Crippen LogP contribution in [0.15, 0.2) is 72.9 Å². The summed E-state index contributed by atoms with van der Waals surface area (Å²) in [5.74, 6) is -0.914. The van der Waals surface area contributed by atoms with Gasteiger partial charge in [0, 0.05) is 19.4 Å². The summed E-state index contributed by atoms with van der Waals surface area (Å²) in [7, 11) is -4.39.